The number of fused-ring (bicyclic) bond motifs is 3. The second-order valence-electron chi connectivity index (χ2n) is 7.13. The van der Waals surface area contributed by atoms with Gasteiger partial charge in [0.15, 0.2) is 6.17 Å². The van der Waals surface area contributed by atoms with Crippen LogP contribution in [0, 0.1) is 0 Å². The van der Waals surface area contributed by atoms with Crippen LogP contribution in [0.2, 0.25) is 0 Å². The fourth-order valence-corrected chi connectivity index (χ4v) is 3.83. The van der Waals surface area contributed by atoms with E-state index >= 15 is 0 Å². The van der Waals surface area contributed by atoms with E-state index in [2.05, 4.69) is 16.7 Å². The van der Waals surface area contributed by atoms with Crippen LogP contribution in [-0.2, 0) is 11.3 Å². The SMILES string of the molecule is C[C@@](O)(CN1CC[C@H](F)C1=O)Cn1c2ccccc2c2ccccc21. The van der Waals surface area contributed by atoms with Gasteiger partial charge in [-0.05, 0) is 19.1 Å². The first-order valence-corrected chi connectivity index (χ1v) is 8.57. The molecule has 0 spiro atoms. The quantitative estimate of drug-likeness (QED) is 0.793. The van der Waals surface area contributed by atoms with E-state index in [1.165, 1.54) is 4.90 Å². The maximum absolute atomic E-state index is 13.5. The molecule has 1 aliphatic rings. The average molecular weight is 340 g/mol. The fourth-order valence-electron chi connectivity index (χ4n) is 3.83. The fraction of sp³-hybridized carbons (Fsp3) is 0.350. The monoisotopic (exact) mass is 340 g/mol. The molecule has 0 unspecified atom stereocenters. The third kappa shape index (κ3) is 2.78. The molecule has 1 fully saturated rings. The molecule has 0 radical (unpaired) electrons. The second-order valence-corrected chi connectivity index (χ2v) is 7.13. The van der Waals surface area contributed by atoms with Gasteiger partial charge in [0.1, 0.15) is 0 Å². The Kier molecular flexibility index (Phi) is 3.76. The molecule has 0 aliphatic carbocycles. The first-order valence-electron chi connectivity index (χ1n) is 8.57. The smallest absolute Gasteiger partial charge is 0.257 e. The predicted molar refractivity (Wildman–Crippen MR) is 96.2 cm³/mol. The van der Waals surface area contributed by atoms with Crippen LogP contribution in [0.15, 0.2) is 48.5 Å². The van der Waals surface area contributed by atoms with Gasteiger partial charge in [-0.1, -0.05) is 36.4 Å². The Hall–Kier alpha value is -2.40. The molecule has 3 aromatic rings. The number of benzene rings is 2. The van der Waals surface area contributed by atoms with Gasteiger partial charge in [-0.2, -0.15) is 0 Å². The number of amides is 1. The highest BCUT2D eigenvalue weighted by Gasteiger charge is 2.36. The zero-order valence-electron chi connectivity index (χ0n) is 14.2. The molecule has 4 nitrogen and oxygen atoms in total. The van der Waals surface area contributed by atoms with Crippen molar-refractivity contribution in [3.8, 4) is 0 Å². The summed E-state index contributed by atoms with van der Waals surface area (Å²) in [6, 6.07) is 16.2. The molecule has 1 N–H and O–H groups in total. The van der Waals surface area contributed by atoms with E-state index in [1.807, 2.05) is 36.4 Å². The van der Waals surface area contributed by atoms with Crippen LogP contribution < -0.4 is 0 Å². The van der Waals surface area contributed by atoms with Crippen LogP contribution >= 0.6 is 0 Å². The van der Waals surface area contributed by atoms with Crippen LogP contribution in [-0.4, -0.2) is 45.3 Å². The first kappa shape index (κ1) is 16.1. The van der Waals surface area contributed by atoms with Crippen molar-refractivity contribution in [2.24, 2.45) is 0 Å². The summed E-state index contributed by atoms with van der Waals surface area (Å²) in [5, 5.41) is 13.2. The Labute approximate surface area is 145 Å². The first-order chi connectivity index (χ1) is 12.0. The van der Waals surface area contributed by atoms with E-state index < -0.39 is 17.7 Å². The standard InChI is InChI=1S/C20H21FN2O2/c1-20(25,12-22-11-10-16(21)19(22)24)13-23-17-8-4-2-6-14(17)15-7-3-5-9-18(15)23/h2-9,16,25H,10-13H2,1H3/t16-,20+/m0/s1. The summed E-state index contributed by atoms with van der Waals surface area (Å²) in [5.74, 6) is -0.512. The molecule has 0 saturated carbocycles. The van der Waals surface area contributed by atoms with Crippen molar-refractivity contribution in [3.63, 3.8) is 0 Å². The topological polar surface area (TPSA) is 45.5 Å². The Balaban J connectivity index is 1.70. The Morgan fingerprint density at radius 2 is 1.64 bits per heavy atom. The van der Waals surface area contributed by atoms with Crippen molar-refractivity contribution in [1.29, 1.82) is 0 Å². The number of hydrogen-bond donors (Lipinski definition) is 1. The number of aliphatic hydroxyl groups is 1. The summed E-state index contributed by atoms with van der Waals surface area (Å²) in [5.41, 5.74) is 0.935. The molecule has 2 atom stereocenters. The van der Waals surface area contributed by atoms with Gasteiger partial charge in [0, 0.05) is 34.8 Å². The average Bonchev–Trinajstić information content (AvgIpc) is 3.08. The highest BCUT2D eigenvalue weighted by atomic mass is 19.1. The molecule has 2 aromatic carbocycles. The number of carbonyl (C=O) groups excluding carboxylic acids is 1. The van der Waals surface area contributed by atoms with Gasteiger partial charge in [-0.15, -0.1) is 0 Å². The van der Waals surface area contributed by atoms with Gasteiger partial charge in [0.2, 0.25) is 0 Å². The molecule has 1 amide bonds. The van der Waals surface area contributed by atoms with E-state index in [-0.39, 0.29) is 13.0 Å². The normalized spacial score (nSPS) is 20.5. The van der Waals surface area contributed by atoms with Gasteiger partial charge in [-0.3, -0.25) is 4.79 Å². The Bertz CT molecular complexity index is 894. The number of likely N-dealkylation sites (tertiary alicyclic amines) is 1. The number of rotatable bonds is 4. The Morgan fingerprint density at radius 3 is 2.16 bits per heavy atom. The lowest BCUT2D eigenvalue weighted by Gasteiger charge is -2.30. The number of hydrogen-bond acceptors (Lipinski definition) is 2. The van der Waals surface area contributed by atoms with Gasteiger partial charge in [0.25, 0.3) is 5.91 Å². The number of alkyl halides is 1. The Morgan fingerprint density at radius 1 is 1.08 bits per heavy atom. The van der Waals surface area contributed by atoms with Crippen molar-refractivity contribution >= 4 is 27.7 Å². The summed E-state index contributed by atoms with van der Waals surface area (Å²) in [6.07, 6.45) is -1.21. The van der Waals surface area contributed by atoms with E-state index in [1.54, 1.807) is 6.92 Å². The highest BCUT2D eigenvalue weighted by Crippen LogP contribution is 2.30. The molecule has 130 valence electrons. The molecule has 1 aliphatic heterocycles. The van der Waals surface area contributed by atoms with E-state index in [0.717, 1.165) is 21.8 Å². The van der Waals surface area contributed by atoms with Crippen LogP contribution in [0.1, 0.15) is 13.3 Å². The molecule has 0 bridgehead atoms. The highest BCUT2D eigenvalue weighted by molar-refractivity contribution is 6.07. The number of halogens is 1. The number of carbonyl (C=O) groups is 1. The van der Waals surface area contributed by atoms with E-state index in [9.17, 15) is 14.3 Å². The maximum atomic E-state index is 13.5. The molecule has 4 rings (SSSR count). The second kappa shape index (κ2) is 5.85. The minimum Gasteiger partial charge on any atom is -0.386 e. The van der Waals surface area contributed by atoms with Crippen molar-refractivity contribution in [1.82, 2.24) is 9.47 Å². The molecule has 1 saturated heterocycles. The minimum absolute atomic E-state index is 0.132. The lowest BCUT2D eigenvalue weighted by atomic mass is 10.1. The van der Waals surface area contributed by atoms with E-state index in [4.69, 9.17) is 0 Å². The van der Waals surface area contributed by atoms with Crippen molar-refractivity contribution in [2.45, 2.75) is 31.7 Å². The van der Waals surface area contributed by atoms with Crippen LogP contribution in [0.4, 0.5) is 4.39 Å². The number of β-amino-alcohol motifs (C(OH)–C–C–N with tert-alkyl or cyclic N) is 1. The van der Waals surface area contributed by atoms with Gasteiger partial charge < -0.3 is 14.6 Å². The molecule has 25 heavy (non-hydrogen) atoms. The van der Waals surface area contributed by atoms with Gasteiger partial charge >= 0.3 is 0 Å². The predicted octanol–water partition coefficient (Wildman–Crippen LogP) is 3.12. The zero-order valence-corrected chi connectivity index (χ0v) is 14.2. The summed E-state index contributed by atoms with van der Waals surface area (Å²) in [6.45, 7) is 2.54. The summed E-state index contributed by atoms with van der Waals surface area (Å²) in [4.78, 5) is 13.3. The van der Waals surface area contributed by atoms with E-state index in [0.29, 0.717) is 13.1 Å². The lowest BCUT2D eigenvalue weighted by molar-refractivity contribution is -0.134. The van der Waals surface area contributed by atoms with Crippen LogP contribution in [0.25, 0.3) is 21.8 Å². The number of aromatic nitrogens is 1. The largest absolute Gasteiger partial charge is 0.386 e. The minimum atomic E-state index is -1.43. The van der Waals surface area contributed by atoms with Crippen molar-refractivity contribution in [3.05, 3.63) is 48.5 Å². The maximum Gasteiger partial charge on any atom is 0.257 e. The summed E-state index contributed by atoms with van der Waals surface area (Å²) >= 11 is 0. The zero-order chi connectivity index (χ0) is 17.6. The number of para-hydroxylation sites is 2. The lowest BCUT2D eigenvalue weighted by Crippen LogP contribution is -2.45. The van der Waals surface area contributed by atoms with Gasteiger partial charge in [-0.25, -0.2) is 4.39 Å². The summed E-state index contributed by atoms with van der Waals surface area (Å²) in [7, 11) is 0. The van der Waals surface area contributed by atoms with Crippen molar-refractivity contribution in [2.75, 3.05) is 13.1 Å². The van der Waals surface area contributed by atoms with Gasteiger partial charge in [0.05, 0.1) is 18.7 Å². The molecule has 1 aromatic heterocycles. The van der Waals surface area contributed by atoms with Crippen molar-refractivity contribution < 1.29 is 14.3 Å². The summed E-state index contributed by atoms with van der Waals surface area (Å²) < 4.78 is 15.5. The third-order valence-electron chi connectivity index (χ3n) is 4.94. The third-order valence-corrected chi connectivity index (χ3v) is 4.94. The molecular weight excluding hydrogens is 319 g/mol. The molecule has 5 heteroatoms. The molecule has 2 heterocycles. The number of nitrogens with zero attached hydrogens (tertiary/aromatic N) is 2. The molecular formula is C20H21FN2O2. The van der Waals surface area contributed by atoms with Crippen LogP contribution in [0.3, 0.4) is 0 Å². The van der Waals surface area contributed by atoms with Crippen LogP contribution in [0.5, 0.6) is 0 Å².